The van der Waals surface area contributed by atoms with E-state index < -0.39 is 0 Å². The van der Waals surface area contributed by atoms with Gasteiger partial charge in [-0.05, 0) is 23.3 Å². The van der Waals surface area contributed by atoms with Crippen LogP contribution in [0.4, 0.5) is 0 Å². The zero-order chi connectivity index (χ0) is 14.1. The largest absolute Gasteiger partial charge is 0.456 e. The average Bonchev–Trinajstić information content (AvgIpc) is 3.36. The van der Waals surface area contributed by atoms with E-state index in [1.807, 2.05) is 24.3 Å². The van der Waals surface area contributed by atoms with Crippen molar-refractivity contribution in [3.8, 4) is 11.5 Å². The molecule has 4 rings (SSSR count). The highest BCUT2D eigenvalue weighted by Gasteiger charge is 2.23. The molecule has 106 valence electrons. The van der Waals surface area contributed by atoms with Crippen LogP contribution in [0.1, 0.15) is 11.1 Å². The van der Waals surface area contributed by atoms with Crippen molar-refractivity contribution in [2.75, 3.05) is 13.2 Å². The summed E-state index contributed by atoms with van der Waals surface area (Å²) in [4.78, 5) is 0. The van der Waals surface area contributed by atoms with Crippen LogP contribution in [0.2, 0.25) is 0 Å². The molecule has 0 N–H and O–H groups in total. The van der Waals surface area contributed by atoms with Crippen LogP contribution in [0.3, 0.4) is 0 Å². The molecule has 0 bridgehead atoms. The number of benzene rings is 2. The van der Waals surface area contributed by atoms with Crippen LogP contribution in [0.25, 0.3) is 0 Å². The van der Waals surface area contributed by atoms with Crippen LogP contribution >= 0.6 is 0 Å². The zero-order valence-electron chi connectivity index (χ0n) is 11.7. The summed E-state index contributed by atoms with van der Waals surface area (Å²) in [6, 6.07) is 18.2. The minimum Gasteiger partial charge on any atom is -0.456 e. The lowest BCUT2D eigenvalue weighted by Gasteiger charge is -2.08. The van der Waals surface area contributed by atoms with E-state index in [9.17, 15) is 0 Å². The summed E-state index contributed by atoms with van der Waals surface area (Å²) in [5, 5.41) is 0. The Morgan fingerprint density at radius 3 is 1.81 bits per heavy atom. The first kappa shape index (κ1) is 12.9. The summed E-state index contributed by atoms with van der Waals surface area (Å²) in [5.41, 5.74) is 2.43. The summed E-state index contributed by atoms with van der Waals surface area (Å²) in [7, 11) is 0. The third kappa shape index (κ3) is 3.63. The highest BCUT2D eigenvalue weighted by Crippen LogP contribution is 2.25. The van der Waals surface area contributed by atoms with Crippen molar-refractivity contribution in [1.82, 2.24) is 0 Å². The Balaban J connectivity index is 1.46. The molecule has 0 amide bonds. The normalized spacial score (nSPS) is 22.9. The molecule has 21 heavy (non-hydrogen) atoms. The first-order chi connectivity index (χ1) is 10.3. The van der Waals surface area contributed by atoms with Crippen LogP contribution in [0.5, 0.6) is 11.5 Å². The summed E-state index contributed by atoms with van der Waals surface area (Å²) in [6.07, 6.45) is 2.64. The van der Waals surface area contributed by atoms with Gasteiger partial charge in [-0.15, -0.1) is 0 Å². The SMILES string of the molecule is [c]1ccc(CC2CO2)cc1Oc1[c]ccc(CC2CO2)c1. The van der Waals surface area contributed by atoms with Crippen molar-refractivity contribution in [3.05, 3.63) is 59.7 Å². The van der Waals surface area contributed by atoms with Gasteiger partial charge in [0.2, 0.25) is 0 Å². The van der Waals surface area contributed by atoms with Crippen LogP contribution in [0, 0.1) is 12.1 Å². The summed E-state index contributed by atoms with van der Waals surface area (Å²) >= 11 is 0. The molecule has 0 saturated carbocycles. The quantitative estimate of drug-likeness (QED) is 0.763. The second-order valence-corrected chi connectivity index (χ2v) is 5.54. The second-order valence-electron chi connectivity index (χ2n) is 5.54. The second kappa shape index (κ2) is 5.51. The fraction of sp³-hybridized carbons (Fsp3) is 0.333. The van der Waals surface area contributed by atoms with Gasteiger partial charge in [0.1, 0.15) is 11.5 Å². The van der Waals surface area contributed by atoms with Crippen LogP contribution < -0.4 is 4.74 Å². The van der Waals surface area contributed by atoms with Gasteiger partial charge in [0, 0.05) is 25.0 Å². The monoisotopic (exact) mass is 280 g/mol. The molecule has 2 radical (unpaired) electrons. The third-order valence-corrected chi connectivity index (χ3v) is 3.63. The lowest BCUT2D eigenvalue weighted by Crippen LogP contribution is -1.95. The van der Waals surface area contributed by atoms with Crippen LogP contribution in [0.15, 0.2) is 36.4 Å². The van der Waals surface area contributed by atoms with Gasteiger partial charge in [0.15, 0.2) is 0 Å². The summed E-state index contributed by atoms with van der Waals surface area (Å²) in [6.45, 7) is 1.74. The standard InChI is InChI=1S/C18H16O3/c1-3-13(9-17-11-19-17)7-15(5-1)21-16-6-2-4-14(8-16)10-18-12-20-18/h1-4,7-8,17-18H,9-12H2. The molecule has 2 aromatic rings. The fourth-order valence-corrected chi connectivity index (χ4v) is 2.37. The molecule has 2 heterocycles. The fourth-order valence-electron chi connectivity index (χ4n) is 2.37. The van der Waals surface area contributed by atoms with Crippen LogP contribution in [-0.2, 0) is 22.3 Å². The molecule has 2 saturated heterocycles. The third-order valence-electron chi connectivity index (χ3n) is 3.63. The Hall–Kier alpha value is -1.84. The van der Waals surface area contributed by atoms with E-state index in [-0.39, 0.29) is 0 Å². The Labute approximate surface area is 124 Å². The molecule has 3 heteroatoms. The molecule has 2 fully saturated rings. The maximum absolute atomic E-state index is 5.87. The van der Waals surface area contributed by atoms with Crippen molar-refractivity contribution in [2.24, 2.45) is 0 Å². The van der Waals surface area contributed by atoms with E-state index >= 15 is 0 Å². The van der Waals surface area contributed by atoms with Gasteiger partial charge >= 0.3 is 0 Å². The highest BCUT2D eigenvalue weighted by atomic mass is 16.6. The molecule has 0 spiro atoms. The van der Waals surface area contributed by atoms with Gasteiger partial charge < -0.3 is 14.2 Å². The van der Waals surface area contributed by atoms with E-state index in [1.165, 1.54) is 11.1 Å². The van der Waals surface area contributed by atoms with E-state index in [1.54, 1.807) is 0 Å². The number of ether oxygens (including phenoxy) is 3. The molecule has 0 aliphatic carbocycles. The van der Waals surface area contributed by atoms with E-state index in [0.717, 1.165) is 37.6 Å². The van der Waals surface area contributed by atoms with Crippen molar-refractivity contribution in [1.29, 1.82) is 0 Å². The Morgan fingerprint density at radius 1 is 0.905 bits per heavy atom. The van der Waals surface area contributed by atoms with E-state index in [0.29, 0.717) is 12.2 Å². The molecular weight excluding hydrogens is 264 g/mol. The topological polar surface area (TPSA) is 34.3 Å². The van der Waals surface area contributed by atoms with Gasteiger partial charge in [-0.2, -0.15) is 0 Å². The molecule has 2 aromatic carbocycles. The Kier molecular flexibility index (Phi) is 3.37. The van der Waals surface area contributed by atoms with E-state index in [4.69, 9.17) is 14.2 Å². The molecular formula is C18H16O3. The van der Waals surface area contributed by atoms with E-state index in [2.05, 4.69) is 24.3 Å². The highest BCUT2D eigenvalue weighted by molar-refractivity contribution is 5.35. The number of epoxide rings is 2. The molecule has 3 nitrogen and oxygen atoms in total. The number of hydrogen-bond acceptors (Lipinski definition) is 3. The van der Waals surface area contributed by atoms with Gasteiger partial charge in [-0.25, -0.2) is 0 Å². The average molecular weight is 280 g/mol. The first-order valence-electron chi connectivity index (χ1n) is 7.27. The van der Waals surface area contributed by atoms with Crippen molar-refractivity contribution in [2.45, 2.75) is 25.0 Å². The van der Waals surface area contributed by atoms with Gasteiger partial charge in [0.05, 0.1) is 25.4 Å². The van der Waals surface area contributed by atoms with Crippen molar-refractivity contribution < 1.29 is 14.2 Å². The molecule has 2 unspecified atom stereocenters. The Bertz CT molecular complexity index is 574. The van der Waals surface area contributed by atoms with Gasteiger partial charge in [0.25, 0.3) is 0 Å². The van der Waals surface area contributed by atoms with Gasteiger partial charge in [-0.3, -0.25) is 0 Å². The Morgan fingerprint density at radius 2 is 1.38 bits per heavy atom. The van der Waals surface area contributed by atoms with Crippen molar-refractivity contribution >= 4 is 0 Å². The lowest BCUT2D eigenvalue weighted by molar-refractivity contribution is 0.407. The molecule has 2 aliphatic heterocycles. The minimum atomic E-state index is 0.383. The van der Waals surface area contributed by atoms with Crippen LogP contribution in [-0.4, -0.2) is 25.4 Å². The maximum Gasteiger partial charge on any atom is 0.135 e. The summed E-state index contributed by atoms with van der Waals surface area (Å²) in [5.74, 6) is 1.45. The minimum absolute atomic E-state index is 0.383. The van der Waals surface area contributed by atoms with Crippen molar-refractivity contribution in [3.63, 3.8) is 0 Å². The predicted molar refractivity (Wildman–Crippen MR) is 77.5 cm³/mol. The molecule has 2 atom stereocenters. The number of hydrogen-bond donors (Lipinski definition) is 0. The summed E-state index contributed by atoms with van der Waals surface area (Å²) < 4.78 is 16.4. The molecule has 2 aliphatic rings. The number of rotatable bonds is 6. The lowest BCUT2D eigenvalue weighted by atomic mass is 10.1. The van der Waals surface area contributed by atoms with Gasteiger partial charge in [-0.1, -0.05) is 24.3 Å². The zero-order valence-corrected chi connectivity index (χ0v) is 11.7. The maximum atomic E-state index is 5.87. The molecule has 0 aromatic heterocycles. The first-order valence-corrected chi connectivity index (χ1v) is 7.27. The smallest absolute Gasteiger partial charge is 0.135 e. The predicted octanol–water partition coefficient (Wildman–Crippen LogP) is 2.96.